The number of rotatable bonds is 5. The van der Waals surface area contributed by atoms with Gasteiger partial charge in [0.05, 0.1) is 11.4 Å². The van der Waals surface area contributed by atoms with E-state index in [9.17, 15) is 33.0 Å². The van der Waals surface area contributed by atoms with Gasteiger partial charge in [-0.25, -0.2) is 13.2 Å². The number of aliphatic carboxylic acids is 1. The molecule has 0 saturated heterocycles. The van der Waals surface area contributed by atoms with Gasteiger partial charge in [-0.2, -0.15) is 0 Å². The Hall–Kier alpha value is -3.29. The van der Waals surface area contributed by atoms with E-state index in [2.05, 4.69) is 0 Å². The van der Waals surface area contributed by atoms with Crippen LogP contribution in [0.5, 0.6) is 5.75 Å². The van der Waals surface area contributed by atoms with Gasteiger partial charge < -0.3 is 10.2 Å². The summed E-state index contributed by atoms with van der Waals surface area (Å²) in [4.78, 5) is 25.1. The first-order valence-corrected chi connectivity index (χ1v) is 9.28. The lowest BCUT2D eigenvalue weighted by molar-refractivity contribution is -0.139. The van der Waals surface area contributed by atoms with Crippen molar-refractivity contribution < 1.29 is 33.0 Å². The van der Waals surface area contributed by atoms with Crippen molar-refractivity contribution in [3.8, 4) is 5.75 Å². The third-order valence-corrected chi connectivity index (χ3v) is 5.04. The summed E-state index contributed by atoms with van der Waals surface area (Å²) in [6.45, 7) is 5.18. The normalized spacial score (nSPS) is 12.5. The molecule has 8 heteroatoms. The first-order chi connectivity index (χ1) is 14.0. The molecule has 2 aromatic carbocycles. The molecule has 30 heavy (non-hydrogen) atoms. The maximum absolute atomic E-state index is 14.1. The Morgan fingerprint density at radius 1 is 1.03 bits per heavy atom. The van der Waals surface area contributed by atoms with Crippen LogP contribution in [0.2, 0.25) is 0 Å². The van der Waals surface area contributed by atoms with Crippen molar-refractivity contribution >= 4 is 22.8 Å². The van der Waals surface area contributed by atoms with Crippen molar-refractivity contribution in [1.82, 2.24) is 4.57 Å². The summed E-state index contributed by atoms with van der Waals surface area (Å²) in [6.07, 6.45) is 0.243. The minimum Gasteiger partial charge on any atom is -0.505 e. The summed E-state index contributed by atoms with van der Waals surface area (Å²) in [7, 11) is 0. The van der Waals surface area contributed by atoms with Crippen molar-refractivity contribution in [2.45, 2.75) is 33.1 Å². The molecule has 1 atom stereocenters. The monoisotopic (exact) mass is 419 g/mol. The lowest BCUT2D eigenvalue weighted by Gasteiger charge is -2.16. The molecule has 1 aromatic heterocycles. The number of carbonyl (C=O) groups excluding carboxylic acids is 1. The molecule has 0 fully saturated rings. The Labute approximate surface area is 170 Å². The van der Waals surface area contributed by atoms with Crippen LogP contribution in [-0.4, -0.2) is 26.7 Å². The van der Waals surface area contributed by atoms with E-state index < -0.39 is 41.0 Å². The zero-order chi connectivity index (χ0) is 22.3. The van der Waals surface area contributed by atoms with Crippen molar-refractivity contribution in [3.05, 3.63) is 64.6 Å². The molecule has 158 valence electrons. The Morgan fingerprint density at radius 3 is 2.27 bits per heavy atom. The number of aromatic nitrogens is 1. The summed E-state index contributed by atoms with van der Waals surface area (Å²) < 4.78 is 42.1. The zero-order valence-corrected chi connectivity index (χ0v) is 16.5. The number of nitrogens with zero attached hydrogens (tertiary/aromatic N) is 1. The smallest absolute Gasteiger partial charge is 0.311 e. The van der Waals surface area contributed by atoms with Crippen molar-refractivity contribution in [3.63, 3.8) is 0 Å². The van der Waals surface area contributed by atoms with Crippen LogP contribution in [-0.2, 0) is 4.79 Å². The average molecular weight is 419 g/mol. The number of halogens is 3. The molecule has 0 aliphatic rings. The Bertz CT molecular complexity index is 1170. The Morgan fingerprint density at radius 2 is 1.70 bits per heavy atom. The van der Waals surface area contributed by atoms with Crippen molar-refractivity contribution in [2.75, 3.05) is 0 Å². The van der Waals surface area contributed by atoms with Gasteiger partial charge in [-0.1, -0.05) is 13.8 Å². The van der Waals surface area contributed by atoms with E-state index in [1.54, 1.807) is 0 Å². The first-order valence-electron chi connectivity index (χ1n) is 9.28. The fraction of sp³-hybridized carbons (Fsp3) is 0.273. The molecule has 3 rings (SSSR count). The van der Waals surface area contributed by atoms with Gasteiger partial charge in [0.15, 0.2) is 23.2 Å². The maximum atomic E-state index is 14.1. The minimum absolute atomic E-state index is 0.000147. The maximum Gasteiger partial charge on any atom is 0.311 e. The lowest BCUT2D eigenvalue weighted by atomic mass is 9.88. The standard InChI is InChI=1S/C22H20F3NO4/c1-10(2)6-14(22(29)30)20-11(3)26(18-9-17(25)19(27)8-13(18)20)21(28)12-4-5-15(23)16(24)7-12/h4-5,7-10,14,27H,6H2,1-3H3,(H,29,30)/t14-/m0/s1. The largest absolute Gasteiger partial charge is 0.505 e. The predicted molar refractivity (Wildman–Crippen MR) is 104 cm³/mol. The van der Waals surface area contributed by atoms with Gasteiger partial charge >= 0.3 is 5.97 Å². The SMILES string of the molecule is Cc1c([C@H](CC(C)C)C(=O)O)c2cc(O)c(F)cc2n1C(=O)c1ccc(F)c(F)c1. The number of phenols is 1. The van der Waals surface area contributed by atoms with Gasteiger partial charge in [0.25, 0.3) is 5.91 Å². The summed E-state index contributed by atoms with van der Waals surface area (Å²) >= 11 is 0. The highest BCUT2D eigenvalue weighted by molar-refractivity contribution is 6.05. The molecule has 0 aliphatic carbocycles. The third-order valence-electron chi connectivity index (χ3n) is 5.04. The first kappa shape index (κ1) is 21.4. The van der Waals surface area contributed by atoms with E-state index in [-0.39, 0.29) is 40.1 Å². The molecule has 0 radical (unpaired) electrons. The summed E-state index contributed by atoms with van der Waals surface area (Å²) in [5.74, 6) is -6.95. The van der Waals surface area contributed by atoms with E-state index in [1.165, 1.54) is 6.92 Å². The number of hydrogen-bond donors (Lipinski definition) is 2. The Balaban J connectivity index is 2.33. The molecule has 0 bridgehead atoms. The quantitative estimate of drug-likeness (QED) is 0.612. The number of aromatic hydroxyl groups is 1. The molecule has 0 aliphatic heterocycles. The number of fused-ring (bicyclic) bond motifs is 1. The summed E-state index contributed by atoms with van der Waals surface area (Å²) in [5.41, 5.74) is 0.322. The van der Waals surface area contributed by atoms with Crippen LogP contribution < -0.4 is 0 Å². The lowest BCUT2D eigenvalue weighted by Crippen LogP contribution is -2.17. The van der Waals surface area contributed by atoms with E-state index in [0.29, 0.717) is 0 Å². The van der Waals surface area contributed by atoms with Crippen molar-refractivity contribution in [2.24, 2.45) is 5.92 Å². The zero-order valence-electron chi connectivity index (χ0n) is 16.5. The fourth-order valence-electron chi connectivity index (χ4n) is 3.72. The number of hydrogen-bond acceptors (Lipinski definition) is 3. The molecule has 5 nitrogen and oxygen atoms in total. The number of carboxylic acid groups (broad SMARTS) is 1. The van der Waals surface area contributed by atoms with Crippen LogP contribution in [0, 0.1) is 30.3 Å². The topological polar surface area (TPSA) is 79.5 Å². The number of benzene rings is 2. The number of phenolic OH excluding ortho intramolecular Hbond substituents is 1. The Kier molecular flexibility index (Phi) is 5.61. The molecular formula is C22H20F3NO4. The van der Waals surface area contributed by atoms with Gasteiger partial charge in [-0.15, -0.1) is 0 Å². The van der Waals surface area contributed by atoms with Crippen LogP contribution in [0.3, 0.4) is 0 Å². The fourth-order valence-corrected chi connectivity index (χ4v) is 3.72. The molecule has 1 heterocycles. The highest BCUT2D eigenvalue weighted by atomic mass is 19.2. The number of carboxylic acids is 1. The average Bonchev–Trinajstić information content (AvgIpc) is 2.92. The van der Waals surface area contributed by atoms with Gasteiger partial charge in [0, 0.05) is 22.7 Å². The van der Waals surface area contributed by atoms with Crippen LogP contribution in [0.15, 0.2) is 30.3 Å². The van der Waals surface area contributed by atoms with Gasteiger partial charge in [-0.3, -0.25) is 14.2 Å². The molecule has 0 amide bonds. The highest BCUT2D eigenvalue weighted by Crippen LogP contribution is 2.38. The predicted octanol–water partition coefficient (Wildman–Crippen LogP) is 4.98. The second kappa shape index (κ2) is 7.85. The molecule has 0 spiro atoms. The minimum atomic E-state index is -1.22. The third kappa shape index (κ3) is 3.65. The van der Waals surface area contributed by atoms with Crippen LogP contribution in [0.4, 0.5) is 13.2 Å². The highest BCUT2D eigenvalue weighted by Gasteiger charge is 2.31. The molecular weight excluding hydrogens is 399 g/mol. The molecule has 2 N–H and O–H groups in total. The van der Waals surface area contributed by atoms with Crippen LogP contribution >= 0.6 is 0 Å². The van der Waals surface area contributed by atoms with Gasteiger partial charge in [0.2, 0.25) is 0 Å². The second-order valence-corrected chi connectivity index (χ2v) is 7.61. The van der Waals surface area contributed by atoms with E-state index in [4.69, 9.17) is 0 Å². The van der Waals surface area contributed by atoms with E-state index in [0.717, 1.165) is 34.9 Å². The van der Waals surface area contributed by atoms with E-state index >= 15 is 0 Å². The summed E-state index contributed by atoms with van der Waals surface area (Å²) in [5, 5.41) is 19.9. The molecule has 3 aromatic rings. The molecule has 0 unspecified atom stereocenters. The van der Waals surface area contributed by atoms with Gasteiger partial charge in [0.1, 0.15) is 0 Å². The molecule has 0 saturated carbocycles. The summed E-state index contributed by atoms with van der Waals surface area (Å²) in [6, 6.07) is 4.62. The van der Waals surface area contributed by atoms with Crippen LogP contribution in [0.25, 0.3) is 10.9 Å². The van der Waals surface area contributed by atoms with Gasteiger partial charge in [-0.05, 0) is 49.1 Å². The number of carbonyl (C=O) groups is 2. The van der Waals surface area contributed by atoms with E-state index in [1.807, 2.05) is 13.8 Å². The van der Waals surface area contributed by atoms with Crippen LogP contribution in [0.1, 0.15) is 47.8 Å². The second-order valence-electron chi connectivity index (χ2n) is 7.61. The van der Waals surface area contributed by atoms with Crippen molar-refractivity contribution in [1.29, 1.82) is 0 Å².